The zero-order valence-corrected chi connectivity index (χ0v) is 15.3. The molecule has 0 aliphatic rings. The maximum Gasteiger partial charge on any atom is 0.308 e. The van der Waals surface area contributed by atoms with Crippen molar-refractivity contribution in [1.29, 1.82) is 0 Å². The van der Waals surface area contributed by atoms with Crippen molar-refractivity contribution in [3.05, 3.63) is 57.2 Å². The Morgan fingerprint density at radius 2 is 1.92 bits per heavy atom. The molecule has 0 saturated carbocycles. The van der Waals surface area contributed by atoms with Gasteiger partial charge in [-0.2, -0.15) is 0 Å². The fourth-order valence-corrected chi connectivity index (χ4v) is 4.80. The zero-order valence-electron chi connectivity index (χ0n) is 13.7. The van der Waals surface area contributed by atoms with Crippen molar-refractivity contribution in [3.63, 3.8) is 0 Å². The summed E-state index contributed by atoms with van der Waals surface area (Å²) < 4.78 is 30.3. The molecule has 126 valence electrons. The van der Waals surface area contributed by atoms with Crippen LogP contribution in [0.3, 0.4) is 0 Å². The molecule has 0 spiro atoms. The lowest BCUT2D eigenvalue weighted by atomic mass is 10.1. The maximum atomic E-state index is 12.7. The topological polar surface area (TPSA) is 68.2 Å². The molecule has 0 bridgehead atoms. The molecule has 0 aliphatic heterocycles. The number of sulfonamides is 1. The van der Waals surface area contributed by atoms with E-state index in [0.717, 1.165) is 28.0 Å². The first kappa shape index (κ1) is 16.7. The van der Waals surface area contributed by atoms with Crippen LogP contribution in [-0.2, 0) is 16.6 Å². The second-order valence-electron chi connectivity index (χ2n) is 5.59. The molecule has 1 heterocycles. The standard InChI is InChI=1S/C17H18N2O3S2/c1-4-19-15-9-8-13(10-16(15)23-17(19)20)24(21,22)18-14-7-5-6-11(2)12(14)3/h5-10,18H,4H2,1-3H3. The Morgan fingerprint density at radius 3 is 2.62 bits per heavy atom. The fourth-order valence-electron chi connectivity index (χ4n) is 2.58. The number of aromatic nitrogens is 1. The van der Waals surface area contributed by atoms with Gasteiger partial charge >= 0.3 is 4.87 Å². The minimum atomic E-state index is -3.71. The summed E-state index contributed by atoms with van der Waals surface area (Å²) in [5, 5.41) is 0. The van der Waals surface area contributed by atoms with Crippen molar-refractivity contribution >= 4 is 37.3 Å². The summed E-state index contributed by atoms with van der Waals surface area (Å²) in [6, 6.07) is 10.3. The second-order valence-corrected chi connectivity index (χ2v) is 8.27. The van der Waals surface area contributed by atoms with E-state index in [1.54, 1.807) is 22.8 Å². The van der Waals surface area contributed by atoms with Crippen molar-refractivity contribution < 1.29 is 8.42 Å². The van der Waals surface area contributed by atoms with Crippen LogP contribution in [0.25, 0.3) is 10.2 Å². The van der Waals surface area contributed by atoms with Gasteiger partial charge in [0.15, 0.2) is 0 Å². The number of hydrogen-bond acceptors (Lipinski definition) is 4. The van der Waals surface area contributed by atoms with Gasteiger partial charge in [-0.05, 0) is 56.2 Å². The molecule has 3 rings (SSSR count). The lowest BCUT2D eigenvalue weighted by molar-refractivity contribution is 0.601. The quantitative estimate of drug-likeness (QED) is 0.772. The van der Waals surface area contributed by atoms with E-state index < -0.39 is 10.0 Å². The molecule has 0 aliphatic carbocycles. The Balaban J connectivity index is 2.05. The molecule has 0 atom stereocenters. The fraction of sp³-hybridized carbons (Fsp3) is 0.235. The predicted molar refractivity (Wildman–Crippen MR) is 98.5 cm³/mol. The normalized spacial score (nSPS) is 11.8. The van der Waals surface area contributed by atoms with Gasteiger partial charge in [0.05, 0.1) is 20.8 Å². The Morgan fingerprint density at radius 1 is 1.17 bits per heavy atom. The SMILES string of the molecule is CCn1c(=O)sc2cc(S(=O)(=O)Nc3cccc(C)c3C)ccc21. The van der Waals surface area contributed by atoms with Crippen LogP contribution in [0, 0.1) is 13.8 Å². The molecule has 1 N–H and O–H groups in total. The van der Waals surface area contributed by atoms with E-state index in [4.69, 9.17) is 0 Å². The minimum absolute atomic E-state index is 0.0791. The van der Waals surface area contributed by atoms with E-state index in [0.29, 0.717) is 16.9 Å². The molecule has 0 amide bonds. The number of aryl methyl sites for hydroxylation is 2. The van der Waals surface area contributed by atoms with E-state index >= 15 is 0 Å². The van der Waals surface area contributed by atoms with Crippen LogP contribution in [0.5, 0.6) is 0 Å². The smallest absolute Gasteiger partial charge is 0.299 e. The highest BCUT2D eigenvalue weighted by atomic mass is 32.2. The molecule has 5 nitrogen and oxygen atoms in total. The average molecular weight is 362 g/mol. The predicted octanol–water partition coefficient (Wildman–Crippen LogP) is 3.50. The Labute approximate surface area is 144 Å². The van der Waals surface area contributed by atoms with Gasteiger partial charge in [0.25, 0.3) is 10.0 Å². The molecule has 7 heteroatoms. The van der Waals surface area contributed by atoms with Crippen LogP contribution < -0.4 is 9.60 Å². The van der Waals surface area contributed by atoms with Crippen molar-refractivity contribution in [3.8, 4) is 0 Å². The zero-order chi connectivity index (χ0) is 17.5. The molecule has 0 unspecified atom stereocenters. The first-order valence-electron chi connectivity index (χ1n) is 7.56. The number of anilines is 1. The van der Waals surface area contributed by atoms with Gasteiger partial charge in [0.2, 0.25) is 0 Å². The molecule has 24 heavy (non-hydrogen) atoms. The highest BCUT2D eigenvalue weighted by Gasteiger charge is 2.17. The highest BCUT2D eigenvalue weighted by molar-refractivity contribution is 7.92. The van der Waals surface area contributed by atoms with Gasteiger partial charge < -0.3 is 0 Å². The van der Waals surface area contributed by atoms with E-state index in [1.165, 1.54) is 6.07 Å². The number of rotatable bonds is 4. The monoisotopic (exact) mass is 362 g/mol. The lowest BCUT2D eigenvalue weighted by Crippen LogP contribution is -2.14. The van der Waals surface area contributed by atoms with Gasteiger partial charge in [-0.1, -0.05) is 23.5 Å². The summed E-state index contributed by atoms with van der Waals surface area (Å²) in [6.45, 7) is 6.26. The van der Waals surface area contributed by atoms with E-state index in [9.17, 15) is 13.2 Å². The van der Waals surface area contributed by atoms with Crippen LogP contribution >= 0.6 is 11.3 Å². The summed E-state index contributed by atoms with van der Waals surface area (Å²) in [5.74, 6) is 0. The Bertz CT molecular complexity index is 1080. The second kappa shape index (κ2) is 6.07. The minimum Gasteiger partial charge on any atom is -0.299 e. The van der Waals surface area contributed by atoms with E-state index in [1.807, 2.05) is 32.9 Å². The van der Waals surface area contributed by atoms with Gasteiger partial charge in [-0.3, -0.25) is 14.1 Å². The number of thiazole rings is 1. The third-order valence-electron chi connectivity index (χ3n) is 4.12. The molecule has 0 saturated heterocycles. The highest BCUT2D eigenvalue weighted by Crippen LogP contribution is 2.25. The average Bonchev–Trinajstić information content (AvgIpc) is 2.85. The van der Waals surface area contributed by atoms with Crippen molar-refractivity contribution in [2.75, 3.05) is 4.72 Å². The van der Waals surface area contributed by atoms with Crippen molar-refractivity contribution in [2.24, 2.45) is 0 Å². The number of hydrogen-bond donors (Lipinski definition) is 1. The van der Waals surface area contributed by atoms with Crippen LogP contribution in [0.1, 0.15) is 18.1 Å². The van der Waals surface area contributed by atoms with Gasteiger partial charge in [-0.25, -0.2) is 8.42 Å². The molecule has 0 fully saturated rings. The molecule has 3 aromatic rings. The number of benzene rings is 2. The molecular weight excluding hydrogens is 344 g/mol. The van der Waals surface area contributed by atoms with Crippen LogP contribution in [0.4, 0.5) is 5.69 Å². The molecule has 2 aromatic carbocycles. The first-order valence-corrected chi connectivity index (χ1v) is 9.86. The summed E-state index contributed by atoms with van der Waals surface area (Å²) in [6.07, 6.45) is 0. The first-order chi connectivity index (χ1) is 11.3. The van der Waals surface area contributed by atoms with Gasteiger partial charge in [-0.15, -0.1) is 0 Å². The Hall–Kier alpha value is -2.12. The number of fused-ring (bicyclic) bond motifs is 1. The number of nitrogens with zero attached hydrogens (tertiary/aromatic N) is 1. The van der Waals surface area contributed by atoms with E-state index in [-0.39, 0.29) is 9.77 Å². The van der Waals surface area contributed by atoms with Crippen LogP contribution in [0.2, 0.25) is 0 Å². The third kappa shape index (κ3) is 2.85. The summed E-state index contributed by atoms with van der Waals surface area (Å²) in [5.41, 5.74) is 3.24. The van der Waals surface area contributed by atoms with Gasteiger partial charge in [0, 0.05) is 6.54 Å². The molecule has 0 radical (unpaired) electrons. The van der Waals surface area contributed by atoms with Crippen molar-refractivity contribution in [1.82, 2.24) is 4.57 Å². The summed E-state index contributed by atoms with van der Waals surface area (Å²) >= 11 is 1.06. The third-order valence-corrected chi connectivity index (χ3v) is 6.42. The lowest BCUT2D eigenvalue weighted by Gasteiger charge is -2.12. The van der Waals surface area contributed by atoms with Crippen molar-refractivity contribution in [2.45, 2.75) is 32.2 Å². The number of nitrogens with one attached hydrogen (secondary N) is 1. The summed E-state index contributed by atoms with van der Waals surface area (Å²) in [4.78, 5) is 12.0. The maximum absolute atomic E-state index is 12.7. The summed E-state index contributed by atoms with van der Waals surface area (Å²) in [7, 11) is -3.71. The largest absolute Gasteiger partial charge is 0.308 e. The van der Waals surface area contributed by atoms with E-state index in [2.05, 4.69) is 4.72 Å². The molecular formula is C17H18N2O3S2. The van der Waals surface area contributed by atoms with Crippen LogP contribution in [0.15, 0.2) is 46.1 Å². The molecule has 1 aromatic heterocycles. The Kier molecular flexibility index (Phi) is 4.23. The van der Waals surface area contributed by atoms with Crippen LogP contribution in [-0.4, -0.2) is 13.0 Å². The van der Waals surface area contributed by atoms with Gasteiger partial charge in [0.1, 0.15) is 0 Å².